The van der Waals surface area contributed by atoms with E-state index in [0.717, 1.165) is 17.6 Å². The first kappa shape index (κ1) is 14.9. The predicted octanol–water partition coefficient (Wildman–Crippen LogP) is 3.81. The van der Waals surface area contributed by atoms with E-state index in [4.69, 9.17) is 10.6 Å². The summed E-state index contributed by atoms with van der Waals surface area (Å²) in [6.45, 7) is 0. The van der Waals surface area contributed by atoms with Crippen molar-refractivity contribution in [2.75, 3.05) is 7.11 Å². The van der Waals surface area contributed by atoms with Gasteiger partial charge in [-0.1, -0.05) is 37.8 Å². The van der Waals surface area contributed by atoms with Crippen LogP contribution in [-0.4, -0.2) is 7.11 Å². The summed E-state index contributed by atoms with van der Waals surface area (Å²) in [4.78, 5) is 0. The number of nitrogens with two attached hydrogens (primary N) is 1. The Morgan fingerprint density at radius 1 is 1.14 bits per heavy atom. The largest absolute Gasteiger partial charge is 0.497 e. The third-order valence-electron chi connectivity index (χ3n) is 5.68. The smallest absolute Gasteiger partial charge is 0.119 e. The number of rotatable bonds is 4. The summed E-state index contributed by atoms with van der Waals surface area (Å²) in [5.41, 5.74) is 4.34. The second-order valence-electron chi connectivity index (χ2n) is 6.80. The lowest BCUT2D eigenvalue weighted by Gasteiger charge is -2.42. The minimum atomic E-state index is 0.253. The number of hydrogen-bond acceptors (Lipinski definition) is 3. The molecule has 0 heterocycles. The third-order valence-corrected chi connectivity index (χ3v) is 5.68. The van der Waals surface area contributed by atoms with Crippen LogP contribution in [0.2, 0.25) is 0 Å². The van der Waals surface area contributed by atoms with E-state index < -0.39 is 0 Å². The molecular weight excluding hydrogens is 260 g/mol. The fraction of sp³-hybridized carbons (Fsp3) is 0.667. The zero-order chi connectivity index (χ0) is 14.7. The summed E-state index contributed by atoms with van der Waals surface area (Å²) < 4.78 is 5.35. The topological polar surface area (TPSA) is 47.3 Å². The number of benzene rings is 1. The van der Waals surface area contributed by atoms with Crippen molar-refractivity contribution < 1.29 is 4.74 Å². The second-order valence-corrected chi connectivity index (χ2v) is 6.80. The van der Waals surface area contributed by atoms with Gasteiger partial charge in [0.2, 0.25) is 0 Å². The molecule has 2 aliphatic carbocycles. The van der Waals surface area contributed by atoms with Crippen molar-refractivity contribution in [3.05, 3.63) is 29.8 Å². The van der Waals surface area contributed by atoms with Crippen molar-refractivity contribution >= 4 is 0 Å². The van der Waals surface area contributed by atoms with E-state index >= 15 is 0 Å². The van der Waals surface area contributed by atoms with Crippen molar-refractivity contribution in [2.45, 2.75) is 51.0 Å². The van der Waals surface area contributed by atoms with Gasteiger partial charge in [-0.15, -0.1) is 0 Å². The highest BCUT2D eigenvalue weighted by atomic mass is 16.5. The molecule has 1 aromatic rings. The van der Waals surface area contributed by atoms with Gasteiger partial charge in [-0.25, -0.2) is 0 Å². The Hall–Kier alpha value is -1.06. The second kappa shape index (κ2) is 6.80. The molecule has 3 N–H and O–H groups in total. The molecule has 21 heavy (non-hydrogen) atoms. The van der Waals surface area contributed by atoms with Crippen LogP contribution >= 0.6 is 0 Å². The number of nitrogens with one attached hydrogen (secondary N) is 1. The van der Waals surface area contributed by atoms with Gasteiger partial charge >= 0.3 is 0 Å². The van der Waals surface area contributed by atoms with Crippen molar-refractivity contribution in [3.8, 4) is 5.75 Å². The molecule has 4 atom stereocenters. The number of hydrogen-bond donors (Lipinski definition) is 2. The fourth-order valence-electron chi connectivity index (χ4n) is 4.55. The maximum absolute atomic E-state index is 5.90. The van der Waals surface area contributed by atoms with E-state index in [0.29, 0.717) is 5.92 Å². The van der Waals surface area contributed by atoms with E-state index in [-0.39, 0.29) is 6.04 Å². The number of ether oxygens (including phenoxy) is 1. The molecule has 4 unspecified atom stereocenters. The molecule has 0 saturated heterocycles. The van der Waals surface area contributed by atoms with Crippen molar-refractivity contribution in [1.82, 2.24) is 5.43 Å². The zero-order valence-electron chi connectivity index (χ0n) is 13.1. The van der Waals surface area contributed by atoms with Crippen LogP contribution in [-0.2, 0) is 0 Å². The molecule has 0 aliphatic heterocycles. The molecular formula is C18H28N2O. The van der Waals surface area contributed by atoms with Gasteiger partial charge in [0.1, 0.15) is 5.75 Å². The van der Waals surface area contributed by atoms with Crippen LogP contribution in [0, 0.1) is 17.8 Å². The Balaban J connectivity index is 1.73. The highest BCUT2D eigenvalue weighted by Crippen LogP contribution is 2.46. The standard InChI is InChI=1S/C18H28N2O/c1-21-17-8-4-7-15(12-17)18(20-19)16-10-9-13-5-2-3-6-14(13)11-16/h4,7-8,12-14,16,18,20H,2-3,5-6,9-11,19H2,1H3. The van der Waals surface area contributed by atoms with Gasteiger partial charge in [0, 0.05) is 6.04 Å². The lowest BCUT2D eigenvalue weighted by Crippen LogP contribution is -2.38. The average Bonchev–Trinajstić information content (AvgIpc) is 2.56. The monoisotopic (exact) mass is 288 g/mol. The average molecular weight is 288 g/mol. The molecule has 3 heteroatoms. The molecule has 2 fully saturated rings. The van der Waals surface area contributed by atoms with Crippen LogP contribution in [0.25, 0.3) is 0 Å². The Morgan fingerprint density at radius 2 is 1.95 bits per heavy atom. The lowest BCUT2D eigenvalue weighted by atomic mass is 9.65. The molecule has 0 bridgehead atoms. The summed E-state index contributed by atoms with van der Waals surface area (Å²) in [7, 11) is 1.72. The normalized spacial score (nSPS) is 30.5. The third kappa shape index (κ3) is 3.24. The van der Waals surface area contributed by atoms with E-state index in [1.165, 1.54) is 50.5 Å². The Bertz CT molecular complexity index is 462. The molecule has 0 radical (unpaired) electrons. The van der Waals surface area contributed by atoms with Crippen molar-refractivity contribution in [3.63, 3.8) is 0 Å². The summed E-state index contributed by atoms with van der Waals surface area (Å²) in [5.74, 6) is 9.39. The van der Waals surface area contributed by atoms with Crippen LogP contribution in [0.5, 0.6) is 5.75 Å². The van der Waals surface area contributed by atoms with Crippen LogP contribution in [0.3, 0.4) is 0 Å². The van der Waals surface area contributed by atoms with Crippen LogP contribution < -0.4 is 16.0 Å². The fourth-order valence-corrected chi connectivity index (χ4v) is 4.55. The van der Waals surface area contributed by atoms with Gasteiger partial charge in [0.25, 0.3) is 0 Å². The van der Waals surface area contributed by atoms with Gasteiger partial charge < -0.3 is 4.74 Å². The SMILES string of the molecule is COc1cccc(C(NN)C2CCC3CCCCC3C2)c1. The summed E-state index contributed by atoms with van der Waals surface area (Å²) in [6, 6.07) is 8.60. The summed E-state index contributed by atoms with van der Waals surface area (Å²) >= 11 is 0. The molecule has 2 aliphatic rings. The van der Waals surface area contributed by atoms with Crippen LogP contribution in [0.15, 0.2) is 24.3 Å². The summed E-state index contributed by atoms with van der Waals surface area (Å²) in [5, 5.41) is 0. The minimum absolute atomic E-state index is 0.253. The molecule has 116 valence electrons. The van der Waals surface area contributed by atoms with E-state index in [1.807, 2.05) is 6.07 Å². The molecule has 2 saturated carbocycles. The van der Waals surface area contributed by atoms with E-state index in [2.05, 4.69) is 23.6 Å². The Morgan fingerprint density at radius 3 is 2.71 bits per heavy atom. The Kier molecular flexibility index (Phi) is 4.81. The molecule has 3 rings (SSSR count). The van der Waals surface area contributed by atoms with Crippen LogP contribution in [0.1, 0.15) is 56.6 Å². The summed E-state index contributed by atoms with van der Waals surface area (Å²) in [6.07, 6.45) is 9.77. The van der Waals surface area contributed by atoms with Gasteiger partial charge in [0.15, 0.2) is 0 Å². The lowest BCUT2D eigenvalue weighted by molar-refractivity contribution is 0.109. The molecule has 1 aromatic carbocycles. The number of methoxy groups -OCH3 is 1. The highest BCUT2D eigenvalue weighted by Gasteiger charge is 2.35. The predicted molar refractivity (Wildman–Crippen MR) is 85.8 cm³/mol. The maximum Gasteiger partial charge on any atom is 0.119 e. The minimum Gasteiger partial charge on any atom is -0.497 e. The first-order valence-electron chi connectivity index (χ1n) is 8.42. The zero-order valence-corrected chi connectivity index (χ0v) is 13.1. The van der Waals surface area contributed by atoms with Crippen molar-refractivity contribution in [2.24, 2.45) is 23.6 Å². The number of hydrazine groups is 1. The maximum atomic E-state index is 5.90. The van der Waals surface area contributed by atoms with Gasteiger partial charge in [-0.2, -0.15) is 0 Å². The van der Waals surface area contributed by atoms with Crippen LogP contribution in [0.4, 0.5) is 0 Å². The molecule has 3 nitrogen and oxygen atoms in total. The first-order valence-corrected chi connectivity index (χ1v) is 8.42. The molecule has 0 amide bonds. The quantitative estimate of drug-likeness (QED) is 0.654. The van der Waals surface area contributed by atoms with Crippen molar-refractivity contribution in [1.29, 1.82) is 0 Å². The van der Waals surface area contributed by atoms with Gasteiger partial charge in [-0.05, 0) is 54.7 Å². The Labute approximate surface area is 128 Å². The van der Waals surface area contributed by atoms with Gasteiger partial charge in [-0.3, -0.25) is 11.3 Å². The highest BCUT2D eigenvalue weighted by molar-refractivity contribution is 5.31. The molecule has 0 aromatic heterocycles. The van der Waals surface area contributed by atoms with E-state index in [9.17, 15) is 0 Å². The number of fused-ring (bicyclic) bond motifs is 1. The van der Waals surface area contributed by atoms with E-state index in [1.54, 1.807) is 7.11 Å². The molecule has 0 spiro atoms. The van der Waals surface area contributed by atoms with Gasteiger partial charge in [0.05, 0.1) is 7.11 Å². The first-order chi connectivity index (χ1) is 10.3.